The fraction of sp³-hybridized carbons (Fsp3) is 0.538. The van der Waals surface area contributed by atoms with Gasteiger partial charge in [0.05, 0.1) is 4.90 Å². The van der Waals surface area contributed by atoms with Crippen molar-refractivity contribution in [1.29, 1.82) is 0 Å². The van der Waals surface area contributed by atoms with Crippen molar-refractivity contribution in [2.75, 3.05) is 13.1 Å². The van der Waals surface area contributed by atoms with E-state index in [-0.39, 0.29) is 6.04 Å². The highest BCUT2D eigenvalue weighted by Crippen LogP contribution is 2.22. The molecule has 0 aromatic heterocycles. The van der Waals surface area contributed by atoms with Crippen molar-refractivity contribution in [2.24, 2.45) is 5.73 Å². The molecule has 1 aromatic rings. The molecular weight excluding hydrogens is 248 g/mol. The zero-order chi connectivity index (χ0) is 13.3. The lowest BCUT2D eigenvalue weighted by atomic mass is 10.1. The molecule has 1 aliphatic heterocycles. The van der Waals surface area contributed by atoms with E-state index in [9.17, 15) is 8.42 Å². The summed E-state index contributed by atoms with van der Waals surface area (Å²) in [5.74, 6) is 0. The second kappa shape index (κ2) is 4.99. The van der Waals surface area contributed by atoms with Gasteiger partial charge in [0.1, 0.15) is 0 Å². The van der Waals surface area contributed by atoms with Crippen molar-refractivity contribution in [3.63, 3.8) is 0 Å². The number of piperidine rings is 1. The number of benzene rings is 1. The van der Waals surface area contributed by atoms with Gasteiger partial charge in [-0.05, 0) is 49.9 Å². The van der Waals surface area contributed by atoms with Crippen molar-refractivity contribution in [3.8, 4) is 0 Å². The van der Waals surface area contributed by atoms with Gasteiger partial charge in [0.25, 0.3) is 0 Å². The normalized spacial score (nSPS) is 22.1. The van der Waals surface area contributed by atoms with Gasteiger partial charge in [0.2, 0.25) is 10.0 Å². The van der Waals surface area contributed by atoms with Gasteiger partial charge in [0.15, 0.2) is 0 Å². The maximum atomic E-state index is 12.5. The summed E-state index contributed by atoms with van der Waals surface area (Å²) in [6.07, 6.45) is 1.74. The van der Waals surface area contributed by atoms with Crippen LogP contribution in [0.3, 0.4) is 0 Å². The van der Waals surface area contributed by atoms with E-state index in [0.29, 0.717) is 18.0 Å². The average Bonchev–Trinajstić information content (AvgIpc) is 2.32. The van der Waals surface area contributed by atoms with Crippen LogP contribution in [-0.4, -0.2) is 31.9 Å². The smallest absolute Gasteiger partial charge is 0.243 e. The van der Waals surface area contributed by atoms with Crippen LogP contribution in [0.4, 0.5) is 0 Å². The Hall–Kier alpha value is -0.910. The standard InChI is InChI=1S/C13H20N2O2S/c1-10-5-6-13(8-11(10)2)18(16,17)15-7-3-4-12(14)9-15/h5-6,8,12H,3-4,7,9,14H2,1-2H3/t12-/m0/s1. The molecule has 1 saturated heterocycles. The molecule has 0 spiro atoms. The molecule has 0 unspecified atom stereocenters. The summed E-state index contributed by atoms with van der Waals surface area (Å²) in [6.45, 7) is 4.90. The Bertz CT molecular complexity index is 540. The number of aryl methyl sites for hydroxylation is 2. The van der Waals surface area contributed by atoms with Crippen LogP contribution in [0.15, 0.2) is 23.1 Å². The van der Waals surface area contributed by atoms with Crippen molar-refractivity contribution in [1.82, 2.24) is 4.31 Å². The van der Waals surface area contributed by atoms with Crippen LogP contribution < -0.4 is 5.73 Å². The largest absolute Gasteiger partial charge is 0.327 e. The third-order valence-corrected chi connectivity index (χ3v) is 5.40. The molecule has 1 aliphatic rings. The van der Waals surface area contributed by atoms with Gasteiger partial charge in [-0.3, -0.25) is 0 Å². The first-order valence-electron chi connectivity index (χ1n) is 6.24. The van der Waals surface area contributed by atoms with E-state index in [1.165, 1.54) is 4.31 Å². The minimum atomic E-state index is -3.38. The topological polar surface area (TPSA) is 63.4 Å². The summed E-state index contributed by atoms with van der Waals surface area (Å²) in [4.78, 5) is 0.375. The Balaban J connectivity index is 2.32. The molecule has 5 heteroatoms. The van der Waals surface area contributed by atoms with E-state index in [1.54, 1.807) is 12.1 Å². The predicted molar refractivity (Wildman–Crippen MR) is 71.9 cm³/mol. The number of hydrogen-bond acceptors (Lipinski definition) is 3. The van der Waals surface area contributed by atoms with E-state index in [4.69, 9.17) is 5.73 Å². The molecule has 1 fully saturated rings. The molecule has 0 aliphatic carbocycles. The highest BCUT2D eigenvalue weighted by molar-refractivity contribution is 7.89. The van der Waals surface area contributed by atoms with Crippen molar-refractivity contribution in [2.45, 2.75) is 37.6 Å². The van der Waals surface area contributed by atoms with E-state index in [0.717, 1.165) is 24.0 Å². The fourth-order valence-electron chi connectivity index (χ4n) is 2.22. The van der Waals surface area contributed by atoms with Gasteiger partial charge in [-0.2, -0.15) is 4.31 Å². The van der Waals surface area contributed by atoms with Gasteiger partial charge in [-0.1, -0.05) is 6.07 Å². The highest BCUT2D eigenvalue weighted by Gasteiger charge is 2.28. The van der Waals surface area contributed by atoms with Crippen LogP contribution in [0.1, 0.15) is 24.0 Å². The first-order chi connectivity index (χ1) is 8.41. The number of nitrogens with zero attached hydrogens (tertiary/aromatic N) is 1. The summed E-state index contributed by atoms with van der Waals surface area (Å²) in [6, 6.07) is 5.23. The molecule has 0 bridgehead atoms. The van der Waals surface area contributed by atoms with Crippen molar-refractivity contribution < 1.29 is 8.42 Å². The fourth-order valence-corrected chi connectivity index (χ4v) is 3.84. The van der Waals surface area contributed by atoms with E-state index >= 15 is 0 Å². The zero-order valence-electron chi connectivity index (χ0n) is 10.9. The van der Waals surface area contributed by atoms with E-state index in [1.807, 2.05) is 19.9 Å². The molecule has 2 N–H and O–H groups in total. The zero-order valence-corrected chi connectivity index (χ0v) is 11.7. The van der Waals surface area contributed by atoms with Gasteiger partial charge >= 0.3 is 0 Å². The number of rotatable bonds is 2. The molecular formula is C13H20N2O2S. The first-order valence-corrected chi connectivity index (χ1v) is 7.68. The molecule has 1 aromatic carbocycles. The van der Waals surface area contributed by atoms with E-state index < -0.39 is 10.0 Å². The van der Waals surface area contributed by atoms with Crippen LogP contribution in [-0.2, 0) is 10.0 Å². The lowest BCUT2D eigenvalue weighted by molar-refractivity contribution is 0.316. The molecule has 1 heterocycles. The second-order valence-corrected chi connectivity index (χ2v) is 6.95. The third-order valence-electron chi connectivity index (χ3n) is 3.54. The van der Waals surface area contributed by atoms with Crippen LogP contribution in [0.25, 0.3) is 0 Å². The minimum Gasteiger partial charge on any atom is -0.327 e. The lowest BCUT2D eigenvalue weighted by Crippen LogP contribution is -2.45. The molecule has 1 atom stereocenters. The summed E-state index contributed by atoms with van der Waals surface area (Å²) < 4.78 is 26.4. The van der Waals surface area contributed by atoms with E-state index in [2.05, 4.69) is 0 Å². The Morgan fingerprint density at radius 2 is 2.00 bits per heavy atom. The molecule has 0 amide bonds. The highest BCUT2D eigenvalue weighted by atomic mass is 32.2. The monoisotopic (exact) mass is 268 g/mol. The number of hydrogen-bond donors (Lipinski definition) is 1. The lowest BCUT2D eigenvalue weighted by Gasteiger charge is -2.30. The SMILES string of the molecule is Cc1ccc(S(=O)(=O)N2CCC[C@H](N)C2)cc1C. The first kappa shape index (κ1) is 13.5. The van der Waals surface area contributed by atoms with Gasteiger partial charge in [-0.15, -0.1) is 0 Å². The quantitative estimate of drug-likeness (QED) is 0.882. The van der Waals surface area contributed by atoms with Gasteiger partial charge in [0, 0.05) is 19.1 Å². The maximum absolute atomic E-state index is 12.5. The predicted octanol–water partition coefficient (Wildman–Crippen LogP) is 1.42. The van der Waals surface area contributed by atoms with Gasteiger partial charge in [-0.25, -0.2) is 8.42 Å². The Kier molecular flexibility index (Phi) is 3.75. The molecule has 18 heavy (non-hydrogen) atoms. The van der Waals surface area contributed by atoms with Crippen LogP contribution in [0, 0.1) is 13.8 Å². The van der Waals surface area contributed by atoms with Crippen molar-refractivity contribution in [3.05, 3.63) is 29.3 Å². The number of sulfonamides is 1. The molecule has 4 nitrogen and oxygen atoms in total. The summed E-state index contributed by atoms with van der Waals surface area (Å²) in [7, 11) is -3.38. The minimum absolute atomic E-state index is 0.0416. The summed E-state index contributed by atoms with van der Waals surface area (Å²) in [5, 5.41) is 0. The second-order valence-electron chi connectivity index (χ2n) is 5.01. The van der Waals surface area contributed by atoms with Crippen LogP contribution >= 0.6 is 0 Å². The van der Waals surface area contributed by atoms with Gasteiger partial charge < -0.3 is 5.73 Å². The molecule has 0 radical (unpaired) electrons. The average molecular weight is 268 g/mol. The summed E-state index contributed by atoms with van der Waals surface area (Å²) in [5.41, 5.74) is 7.95. The Morgan fingerprint density at radius 3 is 2.61 bits per heavy atom. The summed E-state index contributed by atoms with van der Waals surface area (Å²) >= 11 is 0. The molecule has 2 rings (SSSR count). The molecule has 100 valence electrons. The maximum Gasteiger partial charge on any atom is 0.243 e. The third kappa shape index (κ3) is 2.58. The van der Waals surface area contributed by atoms with Crippen LogP contribution in [0.5, 0.6) is 0 Å². The Labute approximate surface area is 109 Å². The van der Waals surface area contributed by atoms with Crippen molar-refractivity contribution >= 4 is 10.0 Å². The van der Waals surface area contributed by atoms with Crippen LogP contribution in [0.2, 0.25) is 0 Å². The molecule has 0 saturated carbocycles. The number of nitrogens with two attached hydrogens (primary N) is 1. The Morgan fingerprint density at radius 1 is 1.28 bits per heavy atom.